The molecule has 0 amide bonds. The second kappa shape index (κ2) is 5.19. The molecule has 0 aliphatic carbocycles. The van der Waals surface area contributed by atoms with Crippen molar-refractivity contribution in [3.63, 3.8) is 0 Å². The molecule has 1 aromatic carbocycles. The number of benzene rings is 1. The Kier molecular flexibility index (Phi) is 4.19. The number of nitrogens with zero attached hydrogens (tertiary/aromatic N) is 2. The predicted octanol–water partition coefficient (Wildman–Crippen LogP) is 3.15. The molecule has 0 atom stereocenters. The van der Waals surface area contributed by atoms with Crippen LogP contribution in [0.15, 0.2) is 18.2 Å². The summed E-state index contributed by atoms with van der Waals surface area (Å²) in [5, 5.41) is 17.8. The van der Waals surface area contributed by atoms with Crippen LogP contribution >= 0.6 is 34.2 Å². The smallest absolute Gasteiger partial charge is 0.137 e. The Morgan fingerprint density at radius 2 is 2.00 bits per heavy atom. The van der Waals surface area contributed by atoms with Crippen LogP contribution in [0.4, 0.5) is 0 Å². The van der Waals surface area contributed by atoms with Crippen LogP contribution in [0.2, 0.25) is 5.02 Å². The van der Waals surface area contributed by atoms with Crippen LogP contribution in [0.25, 0.3) is 0 Å². The Hall–Kier alpha value is -0.780. The molecule has 0 spiro atoms. The van der Waals surface area contributed by atoms with Crippen molar-refractivity contribution in [3.05, 3.63) is 32.4 Å². The minimum atomic E-state index is -0.618. The molecule has 2 nitrogen and oxygen atoms in total. The molecule has 0 fully saturated rings. The molecule has 0 radical (unpaired) electrons. The van der Waals surface area contributed by atoms with Crippen molar-refractivity contribution in [1.82, 2.24) is 0 Å². The van der Waals surface area contributed by atoms with Gasteiger partial charge >= 0.3 is 0 Å². The average Bonchev–Trinajstić information content (AvgIpc) is 2.17. The van der Waals surface area contributed by atoms with Crippen LogP contribution in [-0.2, 0) is 6.42 Å². The van der Waals surface area contributed by atoms with E-state index in [2.05, 4.69) is 22.6 Å². The minimum Gasteiger partial charge on any atom is -0.197 e. The molecule has 1 rings (SSSR count). The molecule has 0 N–H and O–H groups in total. The van der Waals surface area contributed by atoms with E-state index in [1.54, 1.807) is 0 Å². The van der Waals surface area contributed by atoms with E-state index < -0.39 is 5.92 Å². The molecule has 4 heteroatoms. The van der Waals surface area contributed by atoms with Gasteiger partial charge in [-0.3, -0.25) is 0 Å². The maximum absolute atomic E-state index is 8.62. The highest BCUT2D eigenvalue weighted by Crippen LogP contribution is 2.21. The fraction of sp³-hybridized carbons (Fsp3) is 0.200. The molecule has 14 heavy (non-hydrogen) atoms. The Morgan fingerprint density at radius 3 is 2.50 bits per heavy atom. The van der Waals surface area contributed by atoms with Gasteiger partial charge in [0.05, 0.1) is 12.1 Å². The highest BCUT2D eigenvalue weighted by Gasteiger charge is 2.09. The average molecular weight is 317 g/mol. The quantitative estimate of drug-likeness (QED) is 0.787. The first kappa shape index (κ1) is 11.3. The third kappa shape index (κ3) is 2.87. The first-order valence-electron chi connectivity index (χ1n) is 3.90. The van der Waals surface area contributed by atoms with Gasteiger partial charge in [0.15, 0.2) is 0 Å². The maximum Gasteiger partial charge on any atom is 0.137 e. The van der Waals surface area contributed by atoms with Crippen molar-refractivity contribution in [2.75, 3.05) is 0 Å². The fourth-order valence-corrected chi connectivity index (χ4v) is 1.96. The van der Waals surface area contributed by atoms with Crippen molar-refractivity contribution >= 4 is 34.2 Å². The highest BCUT2D eigenvalue weighted by atomic mass is 127. The van der Waals surface area contributed by atoms with Gasteiger partial charge < -0.3 is 0 Å². The summed E-state index contributed by atoms with van der Waals surface area (Å²) in [6, 6.07) is 9.43. The van der Waals surface area contributed by atoms with E-state index in [1.807, 2.05) is 30.3 Å². The van der Waals surface area contributed by atoms with Crippen molar-refractivity contribution < 1.29 is 0 Å². The van der Waals surface area contributed by atoms with Crippen LogP contribution in [0, 0.1) is 32.2 Å². The SMILES string of the molecule is N#CC(C#N)Cc1ccc(I)cc1Cl. The molecule has 1 aromatic rings. The van der Waals surface area contributed by atoms with Gasteiger partial charge in [0, 0.05) is 15.0 Å². The lowest BCUT2D eigenvalue weighted by molar-refractivity contribution is 0.834. The number of halogens is 2. The summed E-state index contributed by atoms with van der Waals surface area (Å²) in [5.41, 5.74) is 0.847. The molecule has 0 saturated carbocycles. The van der Waals surface area contributed by atoms with Gasteiger partial charge in [0.2, 0.25) is 0 Å². The Bertz CT molecular complexity index is 403. The molecule has 0 bridgehead atoms. The van der Waals surface area contributed by atoms with Crippen LogP contribution in [0.3, 0.4) is 0 Å². The second-order valence-corrected chi connectivity index (χ2v) is 4.40. The summed E-state index contributed by atoms with van der Waals surface area (Å²) in [7, 11) is 0. The zero-order valence-corrected chi connectivity index (χ0v) is 10.1. The predicted molar refractivity (Wildman–Crippen MR) is 62.6 cm³/mol. The van der Waals surface area contributed by atoms with Gasteiger partial charge in [-0.15, -0.1) is 0 Å². The Labute approximate surface area is 101 Å². The zero-order chi connectivity index (χ0) is 10.6. The lowest BCUT2D eigenvalue weighted by atomic mass is 10.0. The summed E-state index contributed by atoms with van der Waals surface area (Å²) >= 11 is 8.12. The number of hydrogen-bond donors (Lipinski definition) is 0. The lowest BCUT2D eigenvalue weighted by Crippen LogP contribution is -1.99. The van der Waals surface area contributed by atoms with Gasteiger partial charge in [-0.05, 0) is 40.3 Å². The number of hydrogen-bond acceptors (Lipinski definition) is 2. The van der Waals surface area contributed by atoms with E-state index in [4.69, 9.17) is 22.1 Å². The molecule has 0 saturated heterocycles. The van der Waals surface area contributed by atoms with Gasteiger partial charge in [0.25, 0.3) is 0 Å². The third-order valence-electron chi connectivity index (χ3n) is 1.75. The molecule has 70 valence electrons. The van der Waals surface area contributed by atoms with Crippen LogP contribution < -0.4 is 0 Å². The molecule has 0 aromatic heterocycles. The van der Waals surface area contributed by atoms with E-state index in [-0.39, 0.29) is 0 Å². The first-order chi connectivity index (χ1) is 6.67. The number of nitriles is 2. The van der Waals surface area contributed by atoms with Gasteiger partial charge in [-0.1, -0.05) is 17.7 Å². The van der Waals surface area contributed by atoms with Crippen LogP contribution in [0.1, 0.15) is 5.56 Å². The summed E-state index contributed by atoms with van der Waals surface area (Å²) in [6.07, 6.45) is 0.392. The van der Waals surface area contributed by atoms with E-state index in [9.17, 15) is 0 Å². The van der Waals surface area contributed by atoms with Crippen molar-refractivity contribution in [2.24, 2.45) is 5.92 Å². The van der Waals surface area contributed by atoms with E-state index >= 15 is 0 Å². The minimum absolute atomic E-state index is 0.392. The second-order valence-electron chi connectivity index (χ2n) is 2.75. The monoisotopic (exact) mass is 316 g/mol. The largest absolute Gasteiger partial charge is 0.197 e. The molecule has 0 aliphatic heterocycles. The van der Waals surface area contributed by atoms with E-state index in [0.29, 0.717) is 11.4 Å². The summed E-state index contributed by atoms with van der Waals surface area (Å²) in [4.78, 5) is 0. The summed E-state index contributed by atoms with van der Waals surface area (Å²) in [6.45, 7) is 0. The van der Waals surface area contributed by atoms with Crippen molar-refractivity contribution in [2.45, 2.75) is 6.42 Å². The molecular weight excluding hydrogens is 310 g/mol. The van der Waals surface area contributed by atoms with Gasteiger partial charge in [-0.25, -0.2) is 0 Å². The molecule has 0 unspecified atom stereocenters. The Morgan fingerprint density at radius 1 is 1.36 bits per heavy atom. The lowest BCUT2D eigenvalue weighted by Gasteiger charge is -2.04. The van der Waals surface area contributed by atoms with Crippen LogP contribution in [-0.4, -0.2) is 0 Å². The van der Waals surface area contributed by atoms with Crippen molar-refractivity contribution in [3.8, 4) is 12.1 Å². The topological polar surface area (TPSA) is 47.6 Å². The third-order valence-corrected chi connectivity index (χ3v) is 2.77. The molecule has 0 aliphatic rings. The standard InChI is InChI=1S/C10H6ClIN2/c11-10-4-9(12)2-1-8(10)3-7(5-13)6-14/h1-2,4,7H,3H2. The van der Waals surface area contributed by atoms with Gasteiger partial charge in [-0.2, -0.15) is 10.5 Å². The number of rotatable bonds is 2. The van der Waals surface area contributed by atoms with Crippen LogP contribution in [0.5, 0.6) is 0 Å². The molecular formula is C10H6ClIN2. The molecule has 0 heterocycles. The Balaban J connectivity index is 2.89. The summed E-state index contributed by atoms with van der Waals surface area (Å²) < 4.78 is 1.04. The van der Waals surface area contributed by atoms with Crippen molar-refractivity contribution in [1.29, 1.82) is 10.5 Å². The maximum atomic E-state index is 8.62. The summed E-state index contributed by atoms with van der Waals surface area (Å²) in [5.74, 6) is -0.618. The first-order valence-corrected chi connectivity index (χ1v) is 5.36. The fourth-order valence-electron chi connectivity index (χ4n) is 1.03. The zero-order valence-electron chi connectivity index (χ0n) is 7.17. The van der Waals surface area contributed by atoms with Gasteiger partial charge in [0.1, 0.15) is 5.92 Å². The van der Waals surface area contributed by atoms with E-state index in [0.717, 1.165) is 9.13 Å². The highest BCUT2D eigenvalue weighted by molar-refractivity contribution is 14.1. The van der Waals surface area contributed by atoms with E-state index in [1.165, 1.54) is 0 Å². The normalized spacial score (nSPS) is 9.50.